The molecule has 0 radical (unpaired) electrons. The third-order valence-electron chi connectivity index (χ3n) is 11.5. The molecule has 0 bridgehead atoms. The molecule has 9 heteroatoms. The van der Waals surface area contributed by atoms with Gasteiger partial charge in [0.2, 0.25) is 23.6 Å². The first-order chi connectivity index (χ1) is 25.1. The summed E-state index contributed by atoms with van der Waals surface area (Å²) in [6.07, 6.45) is 4.39. The fraction of sp³-hybridized carbons (Fsp3) is 0.233. The molecule has 8 rings (SSSR count). The molecule has 6 atom stereocenters. The van der Waals surface area contributed by atoms with Crippen LogP contribution in [0.4, 0.5) is 11.4 Å². The molecule has 0 aromatic heterocycles. The third kappa shape index (κ3) is 4.77. The van der Waals surface area contributed by atoms with Crippen molar-refractivity contribution in [3.05, 3.63) is 149 Å². The monoisotopic (exact) mass is 710 g/mol. The summed E-state index contributed by atoms with van der Waals surface area (Å²) in [5.41, 5.74) is 2.09. The zero-order chi connectivity index (χ0) is 36.5. The molecule has 4 aromatic carbocycles. The highest BCUT2D eigenvalue weighted by molar-refractivity contribution is 6.32. The molecular weight excluding hydrogens is 676 g/mol. The van der Waals surface area contributed by atoms with E-state index in [0.717, 1.165) is 5.57 Å². The summed E-state index contributed by atoms with van der Waals surface area (Å²) in [6, 6.07) is 27.6. The van der Waals surface area contributed by atoms with Crippen LogP contribution in [-0.2, 0) is 31.0 Å². The first kappa shape index (κ1) is 33.5. The van der Waals surface area contributed by atoms with Crippen molar-refractivity contribution in [2.24, 2.45) is 23.7 Å². The molecule has 2 aliphatic carbocycles. The number of anilines is 2. The first-order valence-corrected chi connectivity index (χ1v) is 17.8. The Morgan fingerprint density at radius 3 is 2.29 bits per heavy atom. The molecule has 1 N–H and O–H groups in total. The summed E-state index contributed by atoms with van der Waals surface area (Å²) in [5.74, 6) is -5.66. The van der Waals surface area contributed by atoms with Gasteiger partial charge in [0.1, 0.15) is 5.75 Å². The van der Waals surface area contributed by atoms with Gasteiger partial charge in [-0.25, -0.2) is 4.90 Å². The van der Waals surface area contributed by atoms with Gasteiger partial charge >= 0.3 is 0 Å². The number of ketones is 1. The summed E-state index contributed by atoms with van der Waals surface area (Å²) in [4.78, 5) is 73.3. The Labute approximate surface area is 306 Å². The lowest BCUT2D eigenvalue weighted by Gasteiger charge is -2.50. The minimum Gasteiger partial charge on any atom is -0.507 e. The number of amides is 4. The number of carbonyl (C=O) groups is 5. The number of fused-ring (bicyclic) bond motifs is 4. The minimum absolute atomic E-state index is 0.00686. The number of carbonyl (C=O) groups excluding carboxylic acids is 5. The lowest BCUT2D eigenvalue weighted by molar-refractivity contribution is -0.127. The molecule has 2 saturated heterocycles. The van der Waals surface area contributed by atoms with Crippen LogP contribution in [0.15, 0.2) is 121 Å². The fourth-order valence-electron chi connectivity index (χ4n) is 9.35. The summed E-state index contributed by atoms with van der Waals surface area (Å²) in [7, 11) is 0. The average Bonchev–Trinajstić information content (AvgIpc) is 3.53. The predicted molar refractivity (Wildman–Crippen MR) is 197 cm³/mol. The molecule has 3 fully saturated rings. The number of hydrogen-bond donors (Lipinski definition) is 1. The number of Topliss-reactive ketones (excluding diaryl/α,β-unsaturated/α-hetero) is 1. The molecule has 0 spiro atoms. The van der Waals surface area contributed by atoms with Gasteiger partial charge in [0, 0.05) is 22.1 Å². The molecule has 6 unspecified atom stereocenters. The second-order valence-corrected chi connectivity index (χ2v) is 14.5. The van der Waals surface area contributed by atoms with E-state index >= 15 is 4.79 Å². The van der Waals surface area contributed by atoms with E-state index in [2.05, 4.69) is 6.58 Å². The Morgan fingerprint density at radius 2 is 1.60 bits per heavy atom. The van der Waals surface area contributed by atoms with E-state index in [0.29, 0.717) is 45.1 Å². The number of phenolic OH excluding ortho intramolecular Hbond substituents is 1. The van der Waals surface area contributed by atoms with Crippen molar-refractivity contribution < 1.29 is 29.1 Å². The van der Waals surface area contributed by atoms with Crippen LogP contribution >= 0.6 is 11.6 Å². The van der Waals surface area contributed by atoms with Gasteiger partial charge in [-0.1, -0.05) is 83.9 Å². The zero-order valence-electron chi connectivity index (χ0n) is 28.4. The molecule has 52 heavy (non-hydrogen) atoms. The van der Waals surface area contributed by atoms with Gasteiger partial charge < -0.3 is 5.11 Å². The van der Waals surface area contributed by atoms with Crippen molar-refractivity contribution in [1.82, 2.24) is 0 Å². The smallest absolute Gasteiger partial charge is 0.246 e. The average molecular weight is 711 g/mol. The van der Waals surface area contributed by atoms with E-state index in [1.165, 1.54) is 16.7 Å². The lowest BCUT2D eigenvalue weighted by Crippen LogP contribution is -2.53. The van der Waals surface area contributed by atoms with E-state index in [1.807, 2.05) is 42.5 Å². The molecule has 2 aliphatic heterocycles. The number of allylic oxidation sites excluding steroid dienone is 3. The second kappa shape index (κ2) is 12.6. The number of rotatable bonds is 7. The Morgan fingerprint density at radius 1 is 0.865 bits per heavy atom. The van der Waals surface area contributed by atoms with Crippen LogP contribution in [0, 0.1) is 23.7 Å². The molecule has 2 heterocycles. The third-order valence-corrected chi connectivity index (χ3v) is 11.8. The lowest BCUT2D eigenvalue weighted by atomic mass is 9.49. The molecule has 260 valence electrons. The summed E-state index contributed by atoms with van der Waals surface area (Å²) in [5, 5.41) is 12.4. The van der Waals surface area contributed by atoms with Crippen LogP contribution in [0.1, 0.15) is 52.7 Å². The Balaban J connectivity index is 1.35. The number of phenols is 1. The van der Waals surface area contributed by atoms with Gasteiger partial charge in [-0.3, -0.25) is 28.9 Å². The Bertz CT molecular complexity index is 2230. The van der Waals surface area contributed by atoms with Crippen LogP contribution < -0.4 is 9.80 Å². The molecule has 4 aliphatic rings. The summed E-state index contributed by atoms with van der Waals surface area (Å²) >= 11 is 6.40. The quantitative estimate of drug-likeness (QED) is 0.122. The zero-order valence-corrected chi connectivity index (χ0v) is 29.1. The summed E-state index contributed by atoms with van der Waals surface area (Å²) in [6.45, 7) is 5.31. The van der Waals surface area contributed by atoms with Crippen LogP contribution in [0.2, 0.25) is 5.02 Å². The van der Waals surface area contributed by atoms with Crippen molar-refractivity contribution in [3.63, 3.8) is 0 Å². The highest BCUT2D eigenvalue weighted by atomic mass is 35.5. The van der Waals surface area contributed by atoms with Crippen molar-refractivity contribution >= 4 is 52.4 Å². The van der Waals surface area contributed by atoms with Crippen LogP contribution in [-0.4, -0.2) is 34.5 Å². The SMILES string of the molecule is C=CCc1cccc(C2C3=CCC4C(=O)N(c5ccc(C(C)=O)cc5)C(=O)C4C3CC3C(=O)N(c4cccc(Cl)c4)C(=O)C32c2ccccc2)c1O. The first-order valence-electron chi connectivity index (χ1n) is 17.4. The maximum atomic E-state index is 15.4. The van der Waals surface area contributed by atoms with Crippen LogP contribution in [0.3, 0.4) is 0 Å². The van der Waals surface area contributed by atoms with Gasteiger partial charge in [0.15, 0.2) is 5.78 Å². The van der Waals surface area contributed by atoms with E-state index in [1.54, 1.807) is 66.7 Å². The fourth-order valence-corrected chi connectivity index (χ4v) is 9.54. The van der Waals surface area contributed by atoms with Crippen LogP contribution in [0.25, 0.3) is 0 Å². The number of nitrogens with zero attached hydrogens (tertiary/aromatic N) is 2. The van der Waals surface area contributed by atoms with E-state index in [4.69, 9.17) is 11.6 Å². The van der Waals surface area contributed by atoms with Gasteiger partial charge in [0.25, 0.3) is 0 Å². The Kier molecular flexibility index (Phi) is 8.10. The number of para-hydroxylation sites is 1. The minimum atomic E-state index is -1.51. The van der Waals surface area contributed by atoms with Gasteiger partial charge in [-0.15, -0.1) is 6.58 Å². The van der Waals surface area contributed by atoms with E-state index in [-0.39, 0.29) is 36.2 Å². The van der Waals surface area contributed by atoms with Gasteiger partial charge in [0.05, 0.1) is 34.5 Å². The van der Waals surface area contributed by atoms with Crippen molar-refractivity contribution in [1.29, 1.82) is 0 Å². The normalized spacial score (nSPS) is 26.5. The largest absolute Gasteiger partial charge is 0.507 e. The highest BCUT2D eigenvalue weighted by Gasteiger charge is 2.70. The molecule has 1 saturated carbocycles. The molecule has 8 nitrogen and oxygen atoms in total. The number of aromatic hydroxyl groups is 1. The van der Waals surface area contributed by atoms with Gasteiger partial charge in [-0.05, 0) is 85.7 Å². The number of halogens is 1. The number of imide groups is 2. The highest BCUT2D eigenvalue weighted by Crippen LogP contribution is 2.65. The molecular formula is C43H35ClN2O6. The number of hydrogen-bond acceptors (Lipinski definition) is 6. The predicted octanol–water partition coefficient (Wildman–Crippen LogP) is 7.34. The van der Waals surface area contributed by atoms with E-state index < -0.39 is 46.8 Å². The van der Waals surface area contributed by atoms with Crippen molar-refractivity contribution in [3.8, 4) is 5.75 Å². The van der Waals surface area contributed by atoms with Crippen molar-refractivity contribution in [2.45, 2.75) is 37.5 Å². The topological polar surface area (TPSA) is 112 Å². The van der Waals surface area contributed by atoms with Gasteiger partial charge in [-0.2, -0.15) is 0 Å². The summed E-state index contributed by atoms with van der Waals surface area (Å²) < 4.78 is 0. The Hall–Kier alpha value is -5.60. The molecule has 4 aromatic rings. The van der Waals surface area contributed by atoms with Crippen LogP contribution in [0.5, 0.6) is 5.75 Å². The maximum absolute atomic E-state index is 15.4. The standard InChI is InChI=1S/C43H35ClN2O6/c1-3-9-26-10-7-15-33(38(26)48)37-31-20-21-32-36(41(51)45(39(32)49)29-18-16-25(17-19-29)24(2)47)34(31)23-35-40(50)46(30-14-8-13-28(44)22-30)42(52)43(35,37)27-11-5-4-6-12-27/h3-8,10-20,22,32,34-37,48H,1,9,21,23H2,2H3. The second-order valence-electron chi connectivity index (χ2n) is 14.1. The number of benzene rings is 4. The maximum Gasteiger partial charge on any atom is 0.246 e. The molecule has 4 amide bonds. The van der Waals surface area contributed by atoms with E-state index in [9.17, 15) is 24.3 Å². The van der Waals surface area contributed by atoms with Crippen molar-refractivity contribution in [2.75, 3.05) is 9.80 Å².